The molecule has 4 nitrogen and oxygen atoms in total. The van der Waals surface area contributed by atoms with Crippen LogP contribution in [0.4, 0.5) is 5.69 Å². The van der Waals surface area contributed by atoms with Crippen molar-refractivity contribution in [3.63, 3.8) is 0 Å². The second-order valence-electron chi connectivity index (χ2n) is 5.74. The number of nitrogens with one attached hydrogen (secondary N) is 1. The number of amides is 1. The molecule has 0 unspecified atom stereocenters. The van der Waals surface area contributed by atoms with Crippen molar-refractivity contribution in [1.82, 2.24) is 5.32 Å². The standard InChI is InChI=1S/C21H26N2O2/c1-3-25-20-13-10-18(11-14-20)12-15-21(24)22-16-7-17-23(2)19-8-5-4-6-9-19/h4-6,8-15H,3,7,16-17H2,1-2H3,(H,22,24)/b15-12+. The first-order valence-electron chi connectivity index (χ1n) is 8.64. The van der Waals surface area contributed by atoms with E-state index in [2.05, 4.69) is 29.4 Å². The van der Waals surface area contributed by atoms with Crippen molar-refractivity contribution in [3.05, 3.63) is 66.2 Å². The van der Waals surface area contributed by atoms with Crippen LogP contribution < -0.4 is 15.0 Å². The van der Waals surface area contributed by atoms with Crippen LogP contribution in [0.1, 0.15) is 18.9 Å². The Bertz CT molecular complexity index is 666. The van der Waals surface area contributed by atoms with Crippen LogP contribution in [0.2, 0.25) is 0 Å². The van der Waals surface area contributed by atoms with Crippen molar-refractivity contribution in [2.24, 2.45) is 0 Å². The van der Waals surface area contributed by atoms with E-state index in [4.69, 9.17) is 4.74 Å². The molecule has 2 aromatic rings. The Morgan fingerprint density at radius 3 is 2.52 bits per heavy atom. The quantitative estimate of drug-likeness (QED) is 0.559. The topological polar surface area (TPSA) is 41.6 Å². The summed E-state index contributed by atoms with van der Waals surface area (Å²) in [5.41, 5.74) is 2.16. The lowest BCUT2D eigenvalue weighted by atomic mass is 10.2. The lowest BCUT2D eigenvalue weighted by Crippen LogP contribution is -2.26. The summed E-state index contributed by atoms with van der Waals surface area (Å²) in [6.07, 6.45) is 4.27. The molecule has 0 aliphatic carbocycles. The Kier molecular flexibility index (Phi) is 7.57. The highest BCUT2D eigenvalue weighted by molar-refractivity contribution is 5.91. The molecule has 4 heteroatoms. The molecule has 0 saturated heterocycles. The third-order valence-corrected chi connectivity index (χ3v) is 3.78. The highest BCUT2D eigenvalue weighted by atomic mass is 16.5. The van der Waals surface area contributed by atoms with E-state index in [-0.39, 0.29) is 5.91 Å². The van der Waals surface area contributed by atoms with Crippen molar-refractivity contribution in [2.75, 3.05) is 31.6 Å². The number of benzene rings is 2. The number of para-hydroxylation sites is 1. The Morgan fingerprint density at radius 1 is 1.12 bits per heavy atom. The van der Waals surface area contributed by atoms with Gasteiger partial charge in [-0.2, -0.15) is 0 Å². The van der Waals surface area contributed by atoms with Gasteiger partial charge < -0.3 is 15.0 Å². The van der Waals surface area contributed by atoms with Crippen LogP contribution in [0.25, 0.3) is 6.08 Å². The summed E-state index contributed by atoms with van der Waals surface area (Å²) in [5, 5.41) is 2.91. The number of nitrogens with zero attached hydrogens (tertiary/aromatic N) is 1. The van der Waals surface area contributed by atoms with Crippen LogP contribution in [0, 0.1) is 0 Å². The minimum absolute atomic E-state index is 0.0729. The lowest BCUT2D eigenvalue weighted by Gasteiger charge is -2.19. The number of ether oxygens (including phenoxy) is 1. The molecule has 2 rings (SSSR count). The SMILES string of the molecule is CCOc1ccc(/C=C/C(=O)NCCCN(C)c2ccccc2)cc1. The van der Waals surface area contributed by atoms with E-state index < -0.39 is 0 Å². The molecule has 1 amide bonds. The Morgan fingerprint density at radius 2 is 1.84 bits per heavy atom. The summed E-state index contributed by atoms with van der Waals surface area (Å²) in [5.74, 6) is 0.767. The van der Waals surface area contributed by atoms with E-state index in [9.17, 15) is 4.79 Å². The number of hydrogen-bond donors (Lipinski definition) is 1. The highest BCUT2D eigenvalue weighted by Crippen LogP contribution is 2.13. The first-order chi connectivity index (χ1) is 12.2. The van der Waals surface area contributed by atoms with Gasteiger partial charge in [0.15, 0.2) is 0 Å². The van der Waals surface area contributed by atoms with E-state index in [1.54, 1.807) is 12.2 Å². The molecular formula is C21H26N2O2. The van der Waals surface area contributed by atoms with Gasteiger partial charge in [0.2, 0.25) is 5.91 Å². The van der Waals surface area contributed by atoms with Crippen molar-refractivity contribution in [3.8, 4) is 5.75 Å². The Balaban J connectivity index is 1.68. The molecule has 0 fully saturated rings. The van der Waals surface area contributed by atoms with Crippen molar-refractivity contribution in [1.29, 1.82) is 0 Å². The van der Waals surface area contributed by atoms with E-state index in [1.807, 2.05) is 49.4 Å². The molecule has 0 aromatic heterocycles. The largest absolute Gasteiger partial charge is 0.494 e. The maximum absolute atomic E-state index is 11.9. The fourth-order valence-electron chi connectivity index (χ4n) is 2.41. The molecule has 0 radical (unpaired) electrons. The number of carbonyl (C=O) groups excluding carboxylic acids is 1. The fraction of sp³-hybridized carbons (Fsp3) is 0.286. The van der Waals surface area contributed by atoms with E-state index in [1.165, 1.54) is 5.69 Å². The van der Waals surface area contributed by atoms with Crippen molar-refractivity contribution >= 4 is 17.7 Å². The van der Waals surface area contributed by atoms with Gasteiger partial charge in [-0.05, 0) is 49.2 Å². The molecule has 0 heterocycles. The van der Waals surface area contributed by atoms with Crippen LogP contribution >= 0.6 is 0 Å². The molecule has 132 valence electrons. The van der Waals surface area contributed by atoms with Crippen LogP contribution in [0.3, 0.4) is 0 Å². The fourth-order valence-corrected chi connectivity index (χ4v) is 2.41. The summed E-state index contributed by atoms with van der Waals surface area (Å²) in [6, 6.07) is 17.9. The molecule has 0 bridgehead atoms. The monoisotopic (exact) mass is 338 g/mol. The molecule has 0 aliphatic heterocycles. The number of carbonyl (C=O) groups is 1. The number of anilines is 1. The average molecular weight is 338 g/mol. The van der Waals surface area contributed by atoms with E-state index in [0.29, 0.717) is 13.2 Å². The summed E-state index contributed by atoms with van der Waals surface area (Å²) in [6.45, 7) is 4.16. The first kappa shape index (κ1) is 18.6. The predicted octanol–water partition coefficient (Wildman–Crippen LogP) is 3.74. The number of rotatable bonds is 9. The molecule has 0 atom stereocenters. The summed E-state index contributed by atoms with van der Waals surface area (Å²) in [4.78, 5) is 14.0. The minimum Gasteiger partial charge on any atom is -0.494 e. The first-order valence-corrected chi connectivity index (χ1v) is 8.64. The van der Waals surface area contributed by atoms with Gasteiger partial charge in [0.05, 0.1) is 6.61 Å². The van der Waals surface area contributed by atoms with Crippen molar-refractivity contribution in [2.45, 2.75) is 13.3 Å². The van der Waals surface area contributed by atoms with E-state index in [0.717, 1.165) is 24.3 Å². The zero-order valence-electron chi connectivity index (χ0n) is 14.9. The maximum Gasteiger partial charge on any atom is 0.244 e. The van der Waals surface area contributed by atoms with Crippen LogP contribution in [-0.2, 0) is 4.79 Å². The molecular weight excluding hydrogens is 312 g/mol. The second kappa shape index (κ2) is 10.2. The third-order valence-electron chi connectivity index (χ3n) is 3.78. The number of hydrogen-bond acceptors (Lipinski definition) is 3. The Hall–Kier alpha value is -2.75. The zero-order chi connectivity index (χ0) is 17.9. The lowest BCUT2D eigenvalue weighted by molar-refractivity contribution is -0.116. The van der Waals surface area contributed by atoms with Crippen LogP contribution in [0.15, 0.2) is 60.7 Å². The van der Waals surface area contributed by atoms with Gasteiger partial charge in [0.25, 0.3) is 0 Å². The van der Waals surface area contributed by atoms with Crippen LogP contribution in [-0.4, -0.2) is 32.7 Å². The van der Waals surface area contributed by atoms with Gasteiger partial charge in [-0.25, -0.2) is 0 Å². The van der Waals surface area contributed by atoms with Crippen LogP contribution in [0.5, 0.6) is 5.75 Å². The summed E-state index contributed by atoms with van der Waals surface area (Å²) in [7, 11) is 2.06. The van der Waals surface area contributed by atoms with Gasteiger partial charge in [0.1, 0.15) is 5.75 Å². The highest BCUT2D eigenvalue weighted by Gasteiger charge is 2.00. The van der Waals surface area contributed by atoms with Gasteiger partial charge in [-0.1, -0.05) is 30.3 Å². The predicted molar refractivity (Wildman–Crippen MR) is 104 cm³/mol. The average Bonchev–Trinajstić information content (AvgIpc) is 2.65. The van der Waals surface area contributed by atoms with Gasteiger partial charge >= 0.3 is 0 Å². The molecule has 2 aromatic carbocycles. The smallest absolute Gasteiger partial charge is 0.244 e. The molecule has 0 spiro atoms. The molecule has 0 aliphatic rings. The Labute approximate surface area is 150 Å². The minimum atomic E-state index is -0.0729. The van der Waals surface area contributed by atoms with Gasteiger partial charge in [-0.3, -0.25) is 4.79 Å². The molecule has 0 saturated carbocycles. The molecule has 1 N–H and O–H groups in total. The van der Waals surface area contributed by atoms with Gasteiger partial charge in [-0.15, -0.1) is 0 Å². The van der Waals surface area contributed by atoms with Crippen molar-refractivity contribution < 1.29 is 9.53 Å². The third kappa shape index (κ3) is 6.71. The van der Waals surface area contributed by atoms with E-state index >= 15 is 0 Å². The molecule has 25 heavy (non-hydrogen) atoms. The summed E-state index contributed by atoms with van der Waals surface area (Å²) >= 11 is 0. The van der Waals surface area contributed by atoms with Gasteiger partial charge in [0, 0.05) is 31.9 Å². The second-order valence-corrected chi connectivity index (χ2v) is 5.74. The normalized spacial score (nSPS) is 10.6. The zero-order valence-corrected chi connectivity index (χ0v) is 14.9. The summed E-state index contributed by atoms with van der Waals surface area (Å²) < 4.78 is 5.40. The maximum atomic E-state index is 11.9.